The van der Waals surface area contributed by atoms with Gasteiger partial charge in [-0.25, -0.2) is 17.8 Å². The van der Waals surface area contributed by atoms with E-state index in [2.05, 4.69) is 9.71 Å². The van der Waals surface area contributed by atoms with E-state index in [-0.39, 0.29) is 28.4 Å². The number of ether oxygens (including phenoxy) is 2. The number of anilines is 1. The molecular weight excluding hydrogens is 552 g/mol. The Labute approximate surface area is 223 Å². The third-order valence-corrected chi connectivity index (χ3v) is 7.56. The second-order valence-electron chi connectivity index (χ2n) is 7.66. The Morgan fingerprint density at radius 2 is 2.00 bits per heavy atom. The summed E-state index contributed by atoms with van der Waals surface area (Å²) in [5, 5.41) is 2.08. The largest absolute Gasteiger partial charge is 0.465 e. The van der Waals surface area contributed by atoms with Gasteiger partial charge in [-0.3, -0.25) is 14.4 Å². The van der Waals surface area contributed by atoms with Crippen LogP contribution in [0.2, 0.25) is 10.0 Å². The molecule has 0 radical (unpaired) electrons. The summed E-state index contributed by atoms with van der Waals surface area (Å²) >= 11 is 13.5. The molecule has 0 aliphatic carbocycles. The quantitative estimate of drug-likeness (QED) is 0.280. The maximum atomic E-state index is 14.8. The van der Waals surface area contributed by atoms with Gasteiger partial charge >= 0.3 is 5.97 Å². The number of aryl methyl sites for hydroxylation is 1. The fraction of sp³-hybridized carbons (Fsp3) is 0.304. The smallest absolute Gasteiger partial charge is 0.320 e. The number of nitrogens with zero attached hydrogens (tertiary/aromatic N) is 2. The van der Waals surface area contributed by atoms with Gasteiger partial charge in [0.15, 0.2) is 5.13 Å². The SMILES string of the molecule is CCOC(=O)CN(C)CCCc1cc(Cl)ccc1Oc1cc(F)c(S(=O)(=O)Nc2nccs2)cc1Cl. The van der Waals surface area contributed by atoms with Gasteiger partial charge in [-0.2, -0.15) is 0 Å². The van der Waals surface area contributed by atoms with E-state index < -0.39 is 20.7 Å². The van der Waals surface area contributed by atoms with Crippen LogP contribution in [0.25, 0.3) is 0 Å². The molecule has 0 unspecified atom stereocenters. The summed E-state index contributed by atoms with van der Waals surface area (Å²) in [6.45, 7) is 2.87. The molecular formula is C23H24Cl2FN3O5S2. The Kier molecular flexibility index (Phi) is 9.92. The number of hydrogen-bond donors (Lipinski definition) is 1. The van der Waals surface area contributed by atoms with E-state index in [1.54, 1.807) is 30.5 Å². The van der Waals surface area contributed by atoms with Crippen LogP contribution in [0.15, 0.2) is 46.8 Å². The van der Waals surface area contributed by atoms with Gasteiger partial charge in [0, 0.05) is 22.7 Å². The van der Waals surface area contributed by atoms with Crippen molar-refractivity contribution in [1.82, 2.24) is 9.88 Å². The molecule has 0 saturated carbocycles. The third kappa shape index (κ3) is 7.78. The lowest BCUT2D eigenvalue weighted by atomic mass is 10.1. The first-order valence-electron chi connectivity index (χ1n) is 10.8. The summed E-state index contributed by atoms with van der Waals surface area (Å²) in [6, 6.07) is 6.88. The number of hydrogen-bond acceptors (Lipinski definition) is 8. The highest BCUT2D eigenvalue weighted by atomic mass is 35.5. The van der Waals surface area contributed by atoms with E-state index in [1.807, 2.05) is 11.9 Å². The fourth-order valence-corrected chi connectivity index (χ4v) is 5.58. The molecule has 0 aliphatic rings. The van der Waals surface area contributed by atoms with Gasteiger partial charge in [0.2, 0.25) is 0 Å². The van der Waals surface area contributed by atoms with Crippen LogP contribution in [-0.2, 0) is 26.0 Å². The average Bonchev–Trinajstić information content (AvgIpc) is 3.30. The number of carbonyl (C=O) groups excluding carboxylic acids is 1. The number of benzene rings is 2. The van der Waals surface area contributed by atoms with E-state index in [0.717, 1.165) is 29.0 Å². The first kappa shape index (κ1) is 28.1. The van der Waals surface area contributed by atoms with Gasteiger partial charge in [-0.15, -0.1) is 11.3 Å². The van der Waals surface area contributed by atoms with Gasteiger partial charge in [0.1, 0.15) is 22.2 Å². The van der Waals surface area contributed by atoms with Crippen LogP contribution in [0.5, 0.6) is 11.5 Å². The predicted molar refractivity (Wildman–Crippen MR) is 138 cm³/mol. The lowest BCUT2D eigenvalue weighted by Gasteiger charge is -2.17. The molecule has 0 fully saturated rings. The third-order valence-electron chi connectivity index (χ3n) is 4.86. The van der Waals surface area contributed by atoms with Crippen molar-refractivity contribution in [3.8, 4) is 11.5 Å². The molecule has 0 saturated heterocycles. The molecule has 194 valence electrons. The summed E-state index contributed by atoms with van der Waals surface area (Å²) in [4.78, 5) is 16.7. The molecule has 0 amide bonds. The van der Waals surface area contributed by atoms with Crippen LogP contribution in [0.1, 0.15) is 18.9 Å². The van der Waals surface area contributed by atoms with Gasteiger partial charge in [0.05, 0.1) is 18.2 Å². The van der Waals surface area contributed by atoms with Crippen LogP contribution in [0.4, 0.5) is 9.52 Å². The number of thiazole rings is 1. The van der Waals surface area contributed by atoms with Crippen molar-refractivity contribution in [1.29, 1.82) is 0 Å². The molecule has 36 heavy (non-hydrogen) atoms. The monoisotopic (exact) mass is 575 g/mol. The Morgan fingerprint density at radius 3 is 2.69 bits per heavy atom. The van der Waals surface area contributed by atoms with Crippen LogP contribution < -0.4 is 9.46 Å². The van der Waals surface area contributed by atoms with E-state index in [4.69, 9.17) is 32.7 Å². The van der Waals surface area contributed by atoms with Crippen LogP contribution in [-0.4, -0.2) is 51.0 Å². The Balaban J connectivity index is 1.73. The molecule has 1 N–H and O–H groups in total. The maximum Gasteiger partial charge on any atom is 0.320 e. The fourth-order valence-electron chi connectivity index (χ4n) is 3.25. The summed E-state index contributed by atoms with van der Waals surface area (Å²) in [6.07, 6.45) is 2.65. The zero-order valence-corrected chi connectivity index (χ0v) is 22.6. The second kappa shape index (κ2) is 12.7. The molecule has 2 aromatic carbocycles. The minimum Gasteiger partial charge on any atom is -0.465 e. The van der Waals surface area contributed by atoms with Crippen LogP contribution in [0, 0.1) is 5.82 Å². The first-order chi connectivity index (χ1) is 17.1. The molecule has 1 heterocycles. The zero-order valence-electron chi connectivity index (χ0n) is 19.5. The molecule has 0 atom stereocenters. The minimum absolute atomic E-state index is 0.0506. The molecule has 8 nitrogen and oxygen atoms in total. The van der Waals surface area contributed by atoms with E-state index in [9.17, 15) is 17.6 Å². The number of esters is 1. The Bertz CT molecular complexity index is 1310. The summed E-state index contributed by atoms with van der Waals surface area (Å²) in [5.74, 6) is -0.985. The number of aromatic nitrogens is 1. The highest BCUT2D eigenvalue weighted by Gasteiger charge is 2.23. The molecule has 0 aliphatic heterocycles. The van der Waals surface area contributed by atoms with E-state index in [0.29, 0.717) is 36.8 Å². The van der Waals surface area contributed by atoms with Crippen molar-refractivity contribution in [2.45, 2.75) is 24.7 Å². The number of nitrogens with one attached hydrogen (secondary N) is 1. The average molecular weight is 576 g/mol. The van der Waals surface area contributed by atoms with Crippen molar-refractivity contribution in [2.75, 3.05) is 31.5 Å². The second-order valence-corrected chi connectivity index (χ2v) is 11.0. The minimum atomic E-state index is -4.24. The van der Waals surface area contributed by atoms with Crippen molar-refractivity contribution in [3.63, 3.8) is 0 Å². The van der Waals surface area contributed by atoms with Crippen molar-refractivity contribution in [2.24, 2.45) is 0 Å². The first-order valence-corrected chi connectivity index (χ1v) is 13.9. The van der Waals surface area contributed by atoms with E-state index in [1.165, 1.54) is 6.20 Å². The van der Waals surface area contributed by atoms with Gasteiger partial charge < -0.3 is 9.47 Å². The van der Waals surface area contributed by atoms with Crippen molar-refractivity contribution >= 4 is 55.7 Å². The highest BCUT2D eigenvalue weighted by molar-refractivity contribution is 7.93. The molecule has 3 aromatic rings. The summed E-state index contributed by atoms with van der Waals surface area (Å²) in [7, 11) is -2.43. The molecule has 3 rings (SSSR count). The number of carbonyl (C=O) groups is 1. The van der Waals surface area contributed by atoms with Crippen LogP contribution >= 0.6 is 34.5 Å². The zero-order chi connectivity index (χ0) is 26.3. The van der Waals surface area contributed by atoms with Gasteiger partial charge in [0.25, 0.3) is 10.0 Å². The van der Waals surface area contributed by atoms with Gasteiger partial charge in [-0.1, -0.05) is 23.2 Å². The molecule has 0 spiro atoms. The number of sulfonamides is 1. The topological polar surface area (TPSA) is 97.8 Å². The number of likely N-dealkylation sites (N-methyl/N-ethyl adjacent to an activating group) is 1. The normalized spacial score (nSPS) is 11.5. The number of halogens is 3. The lowest BCUT2D eigenvalue weighted by Crippen LogP contribution is -2.28. The Hall–Kier alpha value is -2.44. The summed E-state index contributed by atoms with van der Waals surface area (Å²) in [5.41, 5.74) is 0.741. The number of rotatable bonds is 12. The standard InChI is InChI=1S/C23H24Cl2FN3O5S2/c1-3-33-22(30)14-29(2)9-4-5-15-11-16(24)6-7-19(15)34-20-13-18(26)21(12-17(20)25)36(31,32)28-23-27-8-10-35-23/h6-8,10-13H,3-5,9,14H2,1-2H3,(H,27,28). The predicted octanol–water partition coefficient (Wildman–Crippen LogP) is 5.61. The molecule has 1 aromatic heterocycles. The van der Waals surface area contributed by atoms with Crippen LogP contribution in [0.3, 0.4) is 0 Å². The molecule has 13 heteroatoms. The molecule has 0 bridgehead atoms. The Morgan fingerprint density at radius 1 is 1.22 bits per heavy atom. The van der Waals surface area contributed by atoms with E-state index >= 15 is 0 Å². The lowest BCUT2D eigenvalue weighted by molar-refractivity contribution is -0.144. The maximum absolute atomic E-state index is 14.8. The van der Waals surface area contributed by atoms with Crippen molar-refractivity contribution in [3.05, 3.63) is 63.3 Å². The van der Waals surface area contributed by atoms with Crippen molar-refractivity contribution < 1.29 is 27.1 Å². The summed E-state index contributed by atoms with van der Waals surface area (Å²) < 4.78 is 53.0. The highest BCUT2D eigenvalue weighted by Crippen LogP contribution is 2.36. The van der Waals surface area contributed by atoms with Gasteiger partial charge in [-0.05, 0) is 63.2 Å².